The van der Waals surface area contributed by atoms with Crippen LogP contribution >= 0.6 is 12.4 Å². The molecule has 0 saturated carbocycles. The molecule has 1 aliphatic rings. The fraction of sp³-hybridized carbons (Fsp3) is 0.333. The lowest BCUT2D eigenvalue weighted by molar-refractivity contribution is 0.174. The minimum Gasteiger partial charge on any atom is -0.454 e. The highest BCUT2D eigenvalue weighted by atomic mass is 35.5. The third-order valence-corrected chi connectivity index (χ3v) is 3.84. The van der Waals surface area contributed by atoms with Crippen LogP contribution in [0.4, 0.5) is 0 Å². The van der Waals surface area contributed by atoms with Gasteiger partial charge in [-0.05, 0) is 43.1 Å². The fourth-order valence-electron chi connectivity index (χ4n) is 2.49. The Labute approximate surface area is 138 Å². The number of nitrogens with zero attached hydrogens (tertiary/aromatic N) is 1. The highest BCUT2D eigenvalue weighted by molar-refractivity contribution is 5.85. The molecule has 0 N–H and O–H groups in total. The summed E-state index contributed by atoms with van der Waals surface area (Å²) in [7, 11) is 2.18. The minimum absolute atomic E-state index is 0. The molecule has 22 heavy (non-hydrogen) atoms. The topological polar surface area (TPSA) is 21.7 Å². The number of hydrogen-bond donors (Lipinski definition) is 0. The summed E-state index contributed by atoms with van der Waals surface area (Å²) in [5, 5.41) is 0. The normalized spacial score (nSPS) is 12.3. The molecule has 1 aliphatic heterocycles. The molecular weight excluding hydrogens is 298 g/mol. The maximum Gasteiger partial charge on any atom is 0.231 e. The van der Waals surface area contributed by atoms with Crippen molar-refractivity contribution in [2.45, 2.75) is 12.8 Å². The molecule has 0 saturated heterocycles. The number of ether oxygens (including phenoxy) is 2. The summed E-state index contributed by atoms with van der Waals surface area (Å²) >= 11 is 0. The van der Waals surface area contributed by atoms with E-state index in [-0.39, 0.29) is 12.4 Å². The number of halogens is 1. The molecule has 0 unspecified atom stereocenters. The van der Waals surface area contributed by atoms with E-state index in [1.165, 1.54) is 11.1 Å². The molecular formula is C18H22ClNO2. The van der Waals surface area contributed by atoms with E-state index in [2.05, 4.69) is 54.4 Å². The van der Waals surface area contributed by atoms with Crippen LogP contribution in [0.1, 0.15) is 11.1 Å². The predicted molar refractivity (Wildman–Crippen MR) is 91.2 cm³/mol. The molecule has 1 heterocycles. The van der Waals surface area contributed by atoms with E-state index in [1.807, 2.05) is 6.07 Å². The van der Waals surface area contributed by atoms with Gasteiger partial charge in [-0.2, -0.15) is 0 Å². The maximum atomic E-state index is 5.42. The second kappa shape index (κ2) is 8.06. The first-order chi connectivity index (χ1) is 10.3. The molecule has 0 aromatic heterocycles. The summed E-state index contributed by atoms with van der Waals surface area (Å²) in [6.07, 6.45) is 2.13. The molecule has 0 fully saturated rings. The van der Waals surface area contributed by atoms with Gasteiger partial charge in [-0.25, -0.2) is 0 Å². The van der Waals surface area contributed by atoms with Gasteiger partial charge in [-0.15, -0.1) is 12.4 Å². The predicted octanol–water partition coefficient (Wildman–Crippen LogP) is 3.55. The molecule has 2 aromatic rings. The average molecular weight is 320 g/mol. The Morgan fingerprint density at radius 3 is 2.32 bits per heavy atom. The van der Waals surface area contributed by atoms with Crippen LogP contribution in [-0.2, 0) is 12.8 Å². The Bertz CT molecular complexity index is 589. The molecule has 3 nitrogen and oxygen atoms in total. The first-order valence-corrected chi connectivity index (χ1v) is 7.42. The zero-order valence-electron chi connectivity index (χ0n) is 12.8. The molecule has 0 amide bonds. The van der Waals surface area contributed by atoms with Gasteiger partial charge in [0.1, 0.15) is 0 Å². The van der Waals surface area contributed by atoms with Crippen molar-refractivity contribution in [2.75, 3.05) is 26.9 Å². The lowest BCUT2D eigenvalue weighted by Crippen LogP contribution is -2.23. The van der Waals surface area contributed by atoms with Crippen LogP contribution in [0.3, 0.4) is 0 Å². The van der Waals surface area contributed by atoms with Crippen molar-refractivity contribution < 1.29 is 9.47 Å². The Hall–Kier alpha value is -1.71. The van der Waals surface area contributed by atoms with E-state index in [0.29, 0.717) is 6.79 Å². The van der Waals surface area contributed by atoms with E-state index in [0.717, 1.165) is 37.4 Å². The van der Waals surface area contributed by atoms with Crippen LogP contribution in [0, 0.1) is 0 Å². The second-order valence-corrected chi connectivity index (χ2v) is 5.48. The molecule has 0 radical (unpaired) electrons. The number of rotatable bonds is 6. The van der Waals surface area contributed by atoms with Crippen molar-refractivity contribution in [3.05, 3.63) is 59.7 Å². The zero-order valence-corrected chi connectivity index (χ0v) is 13.6. The number of benzene rings is 2. The first kappa shape index (κ1) is 16.7. The van der Waals surface area contributed by atoms with Gasteiger partial charge >= 0.3 is 0 Å². The Morgan fingerprint density at radius 2 is 1.55 bits per heavy atom. The summed E-state index contributed by atoms with van der Waals surface area (Å²) < 4.78 is 10.7. The lowest BCUT2D eigenvalue weighted by atomic mass is 10.1. The van der Waals surface area contributed by atoms with Crippen molar-refractivity contribution in [3.63, 3.8) is 0 Å². The molecule has 2 aromatic carbocycles. The number of likely N-dealkylation sites (N-methyl/N-ethyl adjacent to an activating group) is 1. The smallest absolute Gasteiger partial charge is 0.231 e. The molecule has 4 heteroatoms. The molecule has 0 spiro atoms. The number of hydrogen-bond acceptors (Lipinski definition) is 3. The Balaban J connectivity index is 0.00000176. The van der Waals surface area contributed by atoms with Crippen LogP contribution in [0.15, 0.2) is 48.5 Å². The summed E-state index contributed by atoms with van der Waals surface area (Å²) in [6.45, 7) is 2.47. The SMILES string of the molecule is CN(CCc1ccccc1)CCc1ccc2c(c1)OCO2.Cl. The van der Waals surface area contributed by atoms with Crippen LogP contribution in [0.5, 0.6) is 11.5 Å². The van der Waals surface area contributed by atoms with Gasteiger partial charge in [0, 0.05) is 13.1 Å². The highest BCUT2D eigenvalue weighted by Gasteiger charge is 2.13. The summed E-state index contributed by atoms with van der Waals surface area (Å²) in [4.78, 5) is 2.37. The zero-order chi connectivity index (χ0) is 14.5. The van der Waals surface area contributed by atoms with Crippen LogP contribution in [-0.4, -0.2) is 31.8 Å². The standard InChI is InChI=1S/C18H21NO2.ClH/c1-19(11-9-15-5-3-2-4-6-15)12-10-16-7-8-17-18(13-16)21-14-20-17;/h2-8,13H,9-12,14H2,1H3;1H. The van der Waals surface area contributed by atoms with Crippen LogP contribution < -0.4 is 9.47 Å². The first-order valence-electron chi connectivity index (χ1n) is 7.42. The average Bonchev–Trinajstić information content (AvgIpc) is 2.99. The Kier molecular flexibility index (Phi) is 6.10. The van der Waals surface area contributed by atoms with Crippen LogP contribution in [0.2, 0.25) is 0 Å². The van der Waals surface area contributed by atoms with E-state index in [9.17, 15) is 0 Å². The fourth-order valence-corrected chi connectivity index (χ4v) is 2.49. The van der Waals surface area contributed by atoms with Crippen molar-refractivity contribution in [2.24, 2.45) is 0 Å². The number of fused-ring (bicyclic) bond motifs is 1. The van der Waals surface area contributed by atoms with Gasteiger partial charge in [0.15, 0.2) is 11.5 Å². The lowest BCUT2D eigenvalue weighted by Gasteiger charge is -2.16. The Morgan fingerprint density at radius 1 is 0.864 bits per heavy atom. The third-order valence-electron chi connectivity index (χ3n) is 3.84. The van der Waals surface area contributed by atoms with Crippen molar-refractivity contribution in [1.29, 1.82) is 0 Å². The summed E-state index contributed by atoms with van der Waals surface area (Å²) in [6, 6.07) is 16.8. The van der Waals surface area contributed by atoms with Gasteiger partial charge in [-0.1, -0.05) is 36.4 Å². The largest absolute Gasteiger partial charge is 0.454 e. The monoisotopic (exact) mass is 319 g/mol. The van der Waals surface area contributed by atoms with Crippen LogP contribution in [0.25, 0.3) is 0 Å². The van der Waals surface area contributed by atoms with Gasteiger partial charge in [0.05, 0.1) is 0 Å². The third kappa shape index (κ3) is 4.39. The molecule has 3 rings (SSSR count). The van der Waals surface area contributed by atoms with Gasteiger partial charge in [-0.3, -0.25) is 0 Å². The maximum absolute atomic E-state index is 5.42. The van der Waals surface area contributed by atoms with Crippen molar-refractivity contribution >= 4 is 12.4 Å². The van der Waals surface area contributed by atoms with E-state index in [4.69, 9.17) is 9.47 Å². The van der Waals surface area contributed by atoms with Crippen molar-refractivity contribution in [1.82, 2.24) is 4.90 Å². The highest BCUT2D eigenvalue weighted by Crippen LogP contribution is 2.32. The minimum atomic E-state index is 0. The van der Waals surface area contributed by atoms with E-state index < -0.39 is 0 Å². The molecule has 0 atom stereocenters. The summed E-state index contributed by atoms with van der Waals surface area (Å²) in [5.74, 6) is 1.73. The van der Waals surface area contributed by atoms with Gasteiger partial charge in [0.2, 0.25) is 6.79 Å². The van der Waals surface area contributed by atoms with Gasteiger partial charge in [0.25, 0.3) is 0 Å². The van der Waals surface area contributed by atoms with Gasteiger partial charge < -0.3 is 14.4 Å². The van der Waals surface area contributed by atoms with E-state index in [1.54, 1.807) is 0 Å². The van der Waals surface area contributed by atoms with Crippen molar-refractivity contribution in [3.8, 4) is 11.5 Å². The quantitative estimate of drug-likeness (QED) is 0.812. The second-order valence-electron chi connectivity index (χ2n) is 5.48. The molecule has 0 bridgehead atoms. The van der Waals surface area contributed by atoms with E-state index >= 15 is 0 Å². The molecule has 0 aliphatic carbocycles. The summed E-state index contributed by atoms with van der Waals surface area (Å²) in [5.41, 5.74) is 2.69. The molecule has 118 valence electrons.